The second-order valence-corrected chi connectivity index (χ2v) is 4.59. The number of hydrogen-bond acceptors (Lipinski definition) is 4. The first kappa shape index (κ1) is 13.5. The molecule has 0 saturated carbocycles. The van der Waals surface area contributed by atoms with E-state index < -0.39 is 0 Å². The molecule has 2 rings (SSSR count). The Hall–Kier alpha value is -1.95. The van der Waals surface area contributed by atoms with E-state index in [4.69, 9.17) is 12.2 Å². The van der Waals surface area contributed by atoms with Gasteiger partial charge < -0.3 is 5.11 Å². The van der Waals surface area contributed by atoms with Gasteiger partial charge in [-0.15, -0.1) is 0 Å². The summed E-state index contributed by atoms with van der Waals surface area (Å²) >= 11 is 5.15. The van der Waals surface area contributed by atoms with Crippen LogP contribution in [0.1, 0.15) is 31.2 Å². The van der Waals surface area contributed by atoms with E-state index in [-0.39, 0.29) is 5.75 Å². The van der Waals surface area contributed by atoms with Crippen molar-refractivity contribution in [1.82, 2.24) is 14.9 Å². The molecule has 100 valence electrons. The number of phenols is 1. The Morgan fingerprint density at radius 3 is 3.11 bits per heavy atom. The zero-order chi connectivity index (χ0) is 13.7. The molecule has 2 aromatic rings. The summed E-state index contributed by atoms with van der Waals surface area (Å²) < 4.78 is 2.09. The lowest BCUT2D eigenvalue weighted by Crippen LogP contribution is -1.99. The van der Waals surface area contributed by atoms with Gasteiger partial charge in [0, 0.05) is 6.42 Å². The summed E-state index contributed by atoms with van der Waals surface area (Å²) in [6.45, 7) is 2.13. The number of phenolic OH excluding ortho intramolecular Hbond substituents is 1. The number of unbranched alkanes of at least 4 members (excludes halogenated alkanes) is 1. The topological polar surface area (TPSA) is 66.2 Å². The Bertz CT molecular complexity index is 630. The number of aromatic amines is 1. The zero-order valence-corrected chi connectivity index (χ0v) is 11.5. The van der Waals surface area contributed by atoms with Gasteiger partial charge in [0.1, 0.15) is 5.75 Å². The molecule has 19 heavy (non-hydrogen) atoms. The third kappa shape index (κ3) is 3.51. The van der Waals surface area contributed by atoms with Crippen LogP contribution in [0, 0.1) is 4.77 Å². The van der Waals surface area contributed by atoms with Crippen molar-refractivity contribution in [3.05, 3.63) is 40.4 Å². The molecule has 0 spiro atoms. The minimum Gasteiger partial charge on any atom is -0.508 e. The molecule has 5 nitrogen and oxygen atoms in total. The number of nitrogens with one attached hydrogen (secondary N) is 1. The van der Waals surface area contributed by atoms with E-state index in [9.17, 15) is 5.11 Å². The highest BCUT2D eigenvalue weighted by molar-refractivity contribution is 7.71. The molecule has 0 atom stereocenters. The van der Waals surface area contributed by atoms with E-state index in [2.05, 4.69) is 22.2 Å². The van der Waals surface area contributed by atoms with E-state index in [1.165, 1.54) is 0 Å². The maximum atomic E-state index is 9.39. The number of rotatable bonds is 5. The summed E-state index contributed by atoms with van der Waals surface area (Å²) in [4.78, 5) is 0. The quantitative estimate of drug-likeness (QED) is 0.652. The summed E-state index contributed by atoms with van der Waals surface area (Å²) in [6.07, 6.45) is 4.62. The minimum atomic E-state index is 0.214. The Morgan fingerprint density at radius 2 is 2.37 bits per heavy atom. The van der Waals surface area contributed by atoms with Crippen LogP contribution in [0.25, 0.3) is 0 Å². The van der Waals surface area contributed by atoms with Gasteiger partial charge in [-0.2, -0.15) is 14.9 Å². The van der Waals surface area contributed by atoms with Gasteiger partial charge in [-0.1, -0.05) is 25.5 Å². The van der Waals surface area contributed by atoms with E-state index in [0.717, 1.165) is 30.7 Å². The number of aromatic hydroxyl groups is 1. The van der Waals surface area contributed by atoms with Gasteiger partial charge in [-0.3, -0.25) is 5.10 Å². The predicted octanol–water partition coefficient (Wildman–Crippen LogP) is 2.87. The lowest BCUT2D eigenvalue weighted by Gasteiger charge is -1.99. The Balaban J connectivity index is 2.23. The standard InChI is InChI=1S/C13H16N4OS/c1-2-3-7-12-15-16-13(19)17(12)14-9-10-5-4-6-11(18)8-10/h4-6,8-9,18H,2-3,7H2,1H3,(H,16,19)/b14-9+. The average molecular weight is 276 g/mol. The van der Waals surface area contributed by atoms with E-state index in [1.807, 2.05) is 6.07 Å². The fourth-order valence-corrected chi connectivity index (χ4v) is 1.87. The van der Waals surface area contributed by atoms with Crippen LogP contribution >= 0.6 is 12.2 Å². The summed E-state index contributed by atoms with van der Waals surface area (Å²) in [5.41, 5.74) is 0.810. The summed E-state index contributed by atoms with van der Waals surface area (Å²) in [5, 5.41) is 20.6. The highest BCUT2D eigenvalue weighted by atomic mass is 32.1. The van der Waals surface area contributed by atoms with Gasteiger partial charge in [0.15, 0.2) is 5.82 Å². The van der Waals surface area contributed by atoms with E-state index in [1.54, 1.807) is 29.1 Å². The van der Waals surface area contributed by atoms with Crippen LogP contribution in [0.4, 0.5) is 0 Å². The third-order valence-corrected chi connectivity index (χ3v) is 2.93. The predicted molar refractivity (Wildman–Crippen MR) is 77.1 cm³/mol. The maximum Gasteiger partial charge on any atom is 0.216 e. The van der Waals surface area contributed by atoms with Crippen molar-refractivity contribution >= 4 is 18.4 Å². The normalized spacial score (nSPS) is 11.2. The molecule has 0 unspecified atom stereocenters. The molecule has 1 heterocycles. The van der Waals surface area contributed by atoms with Crippen LogP contribution in [0.3, 0.4) is 0 Å². The Kier molecular flexibility index (Phi) is 4.46. The summed E-state index contributed by atoms with van der Waals surface area (Å²) in [7, 11) is 0. The monoisotopic (exact) mass is 276 g/mol. The second-order valence-electron chi connectivity index (χ2n) is 4.20. The van der Waals surface area contributed by atoms with Crippen LogP contribution in [0.15, 0.2) is 29.4 Å². The molecule has 1 aromatic carbocycles. The maximum absolute atomic E-state index is 9.39. The second kappa shape index (κ2) is 6.29. The van der Waals surface area contributed by atoms with Gasteiger partial charge in [-0.05, 0) is 36.3 Å². The molecule has 0 aliphatic carbocycles. The number of aromatic nitrogens is 3. The molecule has 6 heteroatoms. The third-order valence-electron chi connectivity index (χ3n) is 2.66. The first-order valence-electron chi connectivity index (χ1n) is 6.20. The van der Waals surface area contributed by atoms with Crippen LogP contribution in [-0.4, -0.2) is 26.2 Å². The average Bonchev–Trinajstić information content (AvgIpc) is 2.75. The molecular formula is C13H16N4OS. The first-order chi connectivity index (χ1) is 9.20. The molecule has 0 radical (unpaired) electrons. The molecule has 1 aromatic heterocycles. The smallest absolute Gasteiger partial charge is 0.216 e. The number of H-pyrrole nitrogens is 1. The minimum absolute atomic E-state index is 0.214. The van der Waals surface area contributed by atoms with Crippen molar-refractivity contribution in [3.63, 3.8) is 0 Å². The lowest BCUT2D eigenvalue weighted by atomic mass is 10.2. The number of aryl methyl sites for hydroxylation is 1. The molecule has 2 N–H and O–H groups in total. The lowest BCUT2D eigenvalue weighted by molar-refractivity contribution is 0.475. The molecule has 0 fully saturated rings. The highest BCUT2D eigenvalue weighted by Gasteiger charge is 2.03. The van der Waals surface area contributed by atoms with Crippen molar-refractivity contribution in [2.45, 2.75) is 26.2 Å². The fourth-order valence-electron chi connectivity index (χ4n) is 1.67. The Morgan fingerprint density at radius 1 is 1.53 bits per heavy atom. The van der Waals surface area contributed by atoms with Crippen LogP contribution in [0.2, 0.25) is 0 Å². The van der Waals surface area contributed by atoms with Gasteiger partial charge >= 0.3 is 0 Å². The molecule has 0 bridgehead atoms. The van der Waals surface area contributed by atoms with Crippen molar-refractivity contribution in [2.75, 3.05) is 0 Å². The molecular weight excluding hydrogens is 260 g/mol. The number of benzene rings is 1. The van der Waals surface area contributed by atoms with E-state index >= 15 is 0 Å². The van der Waals surface area contributed by atoms with Crippen molar-refractivity contribution in [3.8, 4) is 5.75 Å². The summed E-state index contributed by atoms with van der Waals surface area (Å²) in [6, 6.07) is 6.88. The van der Waals surface area contributed by atoms with Crippen LogP contribution < -0.4 is 0 Å². The summed E-state index contributed by atoms with van der Waals surface area (Å²) in [5.74, 6) is 1.04. The fraction of sp³-hybridized carbons (Fsp3) is 0.308. The van der Waals surface area contributed by atoms with Crippen LogP contribution in [-0.2, 0) is 6.42 Å². The molecule has 0 amide bonds. The first-order valence-corrected chi connectivity index (χ1v) is 6.61. The van der Waals surface area contributed by atoms with Crippen molar-refractivity contribution in [2.24, 2.45) is 5.10 Å². The van der Waals surface area contributed by atoms with Gasteiger partial charge in [0.05, 0.1) is 6.21 Å². The zero-order valence-electron chi connectivity index (χ0n) is 10.7. The molecule has 0 aliphatic heterocycles. The van der Waals surface area contributed by atoms with Crippen LogP contribution in [0.5, 0.6) is 5.75 Å². The van der Waals surface area contributed by atoms with Crippen molar-refractivity contribution < 1.29 is 5.11 Å². The van der Waals surface area contributed by atoms with Gasteiger partial charge in [0.2, 0.25) is 4.77 Å². The highest BCUT2D eigenvalue weighted by Crippen LogP contribution is 2.09. The number of nitrogens with zero attached hydrogens (tertiary/aromatic N) is 3. The number of hydrogen-bond donors (Lipinski definition) is 2. The van der Waals surface area contributed by atoms with Gasteiger partial charge in [-0.25, -0.2) is 0 Å². The SMILES string of the molecule is CCCCc1n[nH]c(=S)n1/N=C/c1cccc(O)c1. The van der Waals surface area contributed by atoms with E-state index in [0.29, 0.717) is 4.77 Å². The molecule has 0 aliphatic rings. The Labute approximate surface area is 116 Å². The largest absolute Gasteiger partial charge is 0.508 e. The van der Waals surface area contributed by atoms with Crippen molar-refractivity contribution in [1.29, 1.82) is 0 Å². The molecule has 0 saturated heterocycles. The van der Waals surface area contributed by atoms with Gasteiger partial charge in [0.25, 0.3) is 0 Å².